The van der Waals surface area contributed by atoms with Gasteiger partial charge in [0, 0.05) is 38.8 Å². The molecular weight excluding hydrogens is 310 g/mol. The molecule has 2 aromatic rings. The number of piperidine rings is 1. The minimum Gasteiger partial charge on any atom is -0.379 e. The summed E-state index contributed by atoms with van der Waals surface area (Å²) in [6, 6.07) is 1.83. The van der Waals surface area contributed by atoms with Crippen LogP contribution in [-0.4, -0.2) is 76.2 Å². The number of ether oxygens (including phenoxy) is 1. The van der Waals surface area contributed by atoms with Gasteiger partial charge in [-0.3, -0.25) is 4.90 Å². The van der Waals surface area contributed by atoms with Crippen LogP contribution in [0.2, 0.25) is 0 Å². The van der Waals surface area contributed by atoms with Crippen LogP contribution in [0.1, 0.15) is 18.5 Å². The second-order valence-electron chi connectivity index (χ2n) is 6.47. The van der Waals surface area contributed by atoms with Crippen LogP contribution < -0.4 is 4.90 Å². The number of anilines is 1. The van der Waals surface area contributed by atoms with Crippen LogP contribution in [0.25, 0.3) is 0 Å². The highest BCUT2D eigenvalue weighted by atomic mass is 16.5. The van der Waals surface area contributed by atoms with Crippen LogP contribution in [0.5, 0.6) is 0 Å². The third-order valence-electron chi connectivity index (χ3n) is 4.83. The molecule has 0 unspecified atom stereocenters. The third kappa shape index (κ3) is 3.57. The first-order chi connectivity index (χ1) is 11.9. The molecule has 9 heteroatoms. The number of hydrogen-bond donors (Lipinski definition) is 0. The van der Waals surface area contributed by atoms with E-state index in [4.69, 9.17) is 9.26 Å². The molecule has 2 aliphatic rings. The molecule has 9 nitrogen and oxygen atoms in total. The number of hydrogen-bond acceptors (Lipinski definition) is 8. The van der Waals surface area contributed by atoms with Crippen molar-refractivity contribution in [3.05, 3.63) is 18.0 Å². The Bertz CT molecular complexity index is 616. The molecule has 4 heterocycles. The highest BCUT2D eigenvalue weighted by molar-refractivity contribution is 5.29. The highest BCUT2D eigenvalue weighted by Gasteiger charge is 2.25. The van der Waals surface area contributed by atoms with Crippen molar-refractivity contribution in [3.63, 3.8) is 0 Å². The van der Waals surface area contributed by atoms with Crippen molar-refractivity contribution in [2.45, 2.75) is 19.4 Å². The molecule has 0 saturated carbocycles. The van der Waals surface area contributed by atoms with Gasteiger partial charge in [-0.25, -0.2) is 4.68 Å². The van der Waals surface area contributed by atoms with Gasteiger partial charge in [0.15, 0.2) is 0 Å². The lowest BCUT2D eigenvalue weighted by Gasteiger charge is -2.36. The predicted octanol–water partition coefficient (Wildman–Crippen LogP) is 0.258. The molecular formula is C15H23N7O2. The Morgan fingerprint density at radius 3 is 2.71 bits per heavy atom. The summed E-state index contributed by atoms with van der Waals surface area (Å²) in [5.41, 5.74) is 0.825. The van der Waals surface area contributed by atoms with Gasteiger partial charge in [-0.15, -0.1) is 0 Å². The molecule has 24 heavy (non-hydrogen) atoms. The Morgan fingerprint density at radius 1 is 1.12 bits per heavy atom. The van der Waals surface area contributed by atoms with Crippen molar-refractivity contribution in [1.29, 1.82) is 0 Å². The van der Waals surface area contributed by atoms with E-state index in [-0.39, 0.29) is 0 Å². The summed E-state index contributed by atoms with van der Waals surface area (Å²) in [5, 5.41) is 16.1. The molecule has 0 bridgehead atoms. The van der Waals surface area contributed by atoms with Crippen molar-refractivity contribution >= 4 is 5.95 Å². The van der Waals surface area contributed by atoms with E-state index >= 15 is 0 Å². The third-order valence-corrected chi connectivity index (χ3v) is 4.83. The van der Waals surface area contributed by atoms with Gasteiger partial charge in [-0.2, -0.15) is 0 Å². The topological polar surface area (TPSA) is 85.3 Å². The first-order valence-electron chi connectivity index (χ1n) is 8.59. The highest BCUT2D eigenvalue weighted by Crippen LogP contribution is 2.22. The molecule has 2 aromatic heterocycles. The van der Waals surface area contributed by atoms with Gasteiger partial charge < -0.3 is 14.2 Å². The van der Waals surface area contributed by atoms with E-state index < -0.39 is 0 Å². The molecule has 0 amide bonds. The maximum absolute atomic E-state index is 5.42. The summed E-state index contributed by atoms with van der Waals surface area (Å²) in [6.07, 6.45) is 3.92. The summed E-state index contributed by atoms with van der Waals surface area (Å²) in [6.45, 7) is 7.58. The lowest BCUT2D eigenvalue weighted by Crippen LogP contribution is -2.43. The lowest BCUT2D eigenvalue weighted by molar-refractivity contribution is 0.0288. The number of nitrogens with zero attached hydrogens (tertiary/aromatic N) is 7. The van der Waals surface area contributed by atoms with Crippen LogP contribution in [0.4, 0.5) is 5.95 Å². The molecule has 0 aromatic carbocycles. The molecule has 0 spiro atoms. The average molecular weight is 333 g/mol. The average Bonchev–Trinajstić information content (AvgIpc) is 3.29. The first kappa shape index (κ1) is 15.5. The predicted molar refractivity (Wildman–Crippen MR) is 85.6 cm³/mol. The minimum atomic E-state index is 0.534. The number of aromatic nitrogens is 5. The van der Waals surface area contributed by atoms with Crippen LogP contribution in [0.3, 0.4) is 0 Å². The summed E-state index contributed by atoms with van der Waals surface area (Å²) >= 11 is 0. The molecule has 130 valence electrons. The van der Waals surface area contributed by atoms with Crippen LogP contribution >= 0.6 is 0 Å². The zero-order valence-electron chi connectivity index (χ0n) is 13.8. The van der Waals surface area contributed by atoms with E-state index in [2.05, 4.69) is 30.5 Å². The fraction of sp³-hybridized carbons (Fsp3) is 0.733. The maximum atomic E-state index is 5.42. The fourth-order valence-corrected chi connectivity index (χ4v) is 3.47. The first-order valence-corrected chi connectivity index (χ1v) is 8.59. The Hall–Kier alpha value is -2.00. The Balaban J connectivity index is 1.32. The minimum absolute atomic E-state index is 0.534. The number of rotatable bonds is 5. The van der Waals surface area contributed by atoms with Crippen LogP contribution in [0.15, 0.2) is 16.9 Å². The molecule has 0 radical (unpaired) electrons. The molecule has 2 fully saturated rings. The molecule has 2 saturated heterocycles. The molecule has 0 atom stereocenters. The van der Waals surface area contributed by atoms with Crippen molar-refractivity contribution in [2.24, 2.45) is 5.92 Å². The Morgan fingerprint density at radius 2 is 1.96 bits per heavy atom. The van der Waals surface area contributed by atoms with Crippen molar-refractivity contribution in [3.8, 4) is 0 Å². The van der Waals surface area contributed by atoms with Gasteiger partial charge in [-0.05, 0) is 29.2 Å². The maximum Gasteiger partial charge on any atom is 0.245 e. The number of tetrazole rings is 1. The second kappa shape index (κ2) is 7.27. The van der Waals surface area contributed by atoms with Crippen molar-refractivity contribution in [1.82, 2.24) is 30.3 Å². The summed E-state index contributed by atoms with van der Waals surface area (Å²) in [5.74, 6) is 1.57. The van der Waals surface area contributed by atoms with Crippen LogP contribution in [0, 0.1) is 5.92 Å². The van der Waals surface area contributed by atoms with Gasteiger partial charge in [0.05, 0.1) is 19.8 Å². The standard InChI is InChI=1S/C15H23N7O2/c1-4-21(5-2-13(1)11-20-6-9-23-10-7-20)15-16-18-19-22(15)12-14-3-8-24-17-14/h3,8,13H,1-2,4-7,9-12H2. The number of morpholine rings is 1. The van der Waals surface area contributed by atoms with E-state index in [0.717, 1.165) is 57.0 Å². The SMILES string of the molecule is c1cc(Cn2nnnc2N2CCC(CN3CCOCC3)CC2)no1. The van der Waals surface area contributed by atoms with Gasteiger partial charge in [0.2, 0.25) is 5.95 Å². The molecule has 0 N–H and O–H groups in total. The van der Waals surface area contributed by atoms with E-state index in [9.17, 15) is 0 Å². The summed E-state index contributed by atoms with van der Waals surface area (Å²) in [4.78, 5) is 4.80. The van der Waals surface area contributed by atoms with E-state index in [1.165, 1.54) is 19.4 Å². The molecule has 0 aliphatic carbocycles. The van der Waals surface area contributed by atoms with E-state index in [1.54, 1.807) is 10.9 Å². The lowest BCUT2D eigenvalue weighted by atomic mass is 9.96. The van der Waals surface area contributed by atoms with Gasteiger partial charge in [0.1, 0.15) is 12.0 Å². The zero-order valence-corrected chi connectivity index (χ0v) is 13.8. The summed E-state index contributed by atoms with van der Waals surface area (Å²) in [7, 11) is 0. The Kier molecular flexibility index (Phi) is 4.70. The smallest absolute Gasteiger partial charge is 0.245 e. The van der Waals surface area contributed by atoms with Gasteiger partial charge in [0.25, 0.3) is 0 Å². The summed E-state index contributed by atoms with van der Waals surface area (Å²) < 4.78 is 12.1. The van der Waals surface area contributed by atoms with E-state index in [0.29, 0.717) is 6.54 Å². The van der Waals surface area contributed by atoms with Crippen LogP contribution in [-0.2, 0) is 11.3 Å². The van der Waals surface area contributed by atoms with E-state index in [1.807, 2.05) is 6.07 Å². The monoisotopic (exact) mass is 333 g/mol. The van der Waals surface area contributed by atoms with Crippen molar-refractivity contribution < 1.29 is 9.26 Å². The largest absolute Gasteiger partial charge is 0.379 e. The second-order valence-corrected chi connectivity index (χ2v) is 6.47. The van der Waals surface area contributed by atoms with Gasteiger partial charge >= 0.3 is 0 Å². The fourth-order valence-electron chi connectivity index (χ4n) is 3.47. The van der Waals surface area contributed by atoms with Crippen molar-refractivity contribution in [2.75, 3.05) is 50.8 Å². The zero-order chi connectivity index (χ0) is 16.2. The van der Waals surface area contributed by atoms with Gasteiger partial charge in [-0.1, -0.05) is 10.3 Å². The molecule has 2 aliphatic heterocycles. The molecule has 4 rings (SSSR count). The normalized spacial score (nSPS) is 20.6. The quantitative estimate of drug-likeness (QED) is 0.770. The Labute approximate surface area is 140 Å².